The molecule has 1 heterocycles. The lowest BCUT2D eigenvalue weighted by Crippen LogP contribution is -2.33. The maximum atomic E-state index is 10.9. The molecular weight excluding hydrogens is 426 g/mol. The molecule has 0 aliphatic heterocycles. The molecule has 0 amide bonds. The summed E-state index contributed by atoms with van der Waals surface area (Å²) >= 11 is 0. The molecule has 13 nitrogen and oxygen atoms in total. The van der Waals surface area contributed by atoms with Crippen molar-refractivity contribution in [1.82, 2.24) is 25.2 Å². The predicted octanol–water partition coefficient (Wildman–Crippen LogP) is -1.17. The van der Waals surface area contributed by atoms with Crippen LogP contribution in [0.5, 0.6) is 0 Å². The molecule has 0 aliphatic carbocycles. The van der Waals surface area contributed by atoms with Crippen LogP contribution in [-0.2, 0) is 26.8 Å². The highest BCUT2D eigenvalue weighted by Gasteiger charge is 2.12. The van der Waals surface area contributed by atoms with E-state index in [1.165, 1.54) is 0 Å². The molecule has 1 aromatic heterocycles. The maximum absolute atomic E-state index is 10.9. The zero-order valence-corrected chi connectivity index (χ0v) is 17.9. The van der Waals surface area contributed by atoms with Gasteiger partial charge in [0.05, 0.1) is 18.1 Å². The minimum Gasteiger partial charge on any atom is -0.368 e. The molecule has 168 valence electrons. The molecule has 0 atom stereocenters. The van der Waals surface area contributed by atoms with Crippen LogP contribution in [-0.4, -0.2) is 90.0 Å². The molecule has 0 fully saturated rings. The summed E-state index contributed by atoms with van der Waals surface area (Å²) in [5, 5.41) is 6.08. The van der Waals surface area contributed by atoms with Crippen LogP contribution in [0.15, 0.2) is 0 Å². The predicted molar refractivity (Wildman–Crippen MR) is 109 cm³/mol. The zero-order valence-electron chi connectivity index (χ0n) is 16.3. The van der Waals surface area contributed by atoms with Crippen molar-refractivity contribution in [2.45, 2.75) is 26.3 Å². The molecule has 0 aromatic carbocycles. The summed E-state index contributed by atoms with van der Waals surface area (Å²) in [6.07, 6.45) is 0.354. The van der Waals surface area contributed by atoms with Gasteiger partial charge in [0.1, 0.15) is 5.82 Å². The monoisotopic (exact) mass is 455 g/mol. The topological polar surface area (TPSA) is 201 Å². The largest absolute Gasteiger partial charge is 0.368 e. The molecule has 0 spiro atoms. The fourth-order valence-corrected chi connectivity index (χ4v) is 3.42. The van der Waals surface area contributed by atoms with Crippen molar-refractivity contribution in [2.75, 3.05) is 55.3 Å². The summed E-state index contributed by atoms with van der Waals surface area (Å²) < 4.78 is 61.2. The van der Waals surface area contributed by atoms with Gasteiger partial charge in [0.2, 0.25) is 11.9 Å². The van der Waals surface area contributed by atoms with Crippen LogP contribution in [0.4, 0.5) is 11.9 Å². The van der Waals surface area contributed by atoms with Crippen LogP contribution < -0.4 is 16.4 Å². The molecular formula is C14H29N7O6S2. The summed E-state index contributed by atoms with van der Waals surface area (Å²) in [6, 6.07) is 0. The highest BCUT2D eigenvalue weighted by Crippen LogP contribution is 2.04. The summed E-state index contributed by atoms with van der Waals surface area (Å²) in [5.41, 5.74) is 5.67. The van der Waals surface area contributed by atoms with Gasteiger partial charge in [-0.2, -0.15) is 31.8 Å². The Bertz CT molecular complexity index is 797. The van der Waals surface area contributed by atoms with Gasteiger partial charge in [0, 0.05) is 13.1 Å². The lowest BCUT2D eigenvalue weighted by Gasteiger charge is -2.22. The molecule has 0 bridgehead atoms. The molecule has 15 heteroatoms. The van der Waals surface area contributed by atoms with E-state index in [2.05, 4.69) is 25.6 Å². The third kappa shape index (κ3) is 13.2. The lowest BCUT2D eigenvalue weighted by molar-refractivity contribution is 0.284. The molecule has 0 saturated carbocycles. The standard InChI is InChI=1S/C14H29N7O6S2/c1-2-16-11-12-18-13(15)20-14(19-12)17-5-8-21(6-3-9-28(22,23)24)7-4-10-29(25,26)27/h16H,2-11H2,1H3,(H,22,23,24)(H,25,26,27)(H3,15,17,18,19,20). The second-order valence-electron chi connectivity index (χ2n) is 6.26. The number of nitrogens with two attached hydrogens (primary N) is 1. The van der Waals surface area contributed by atoms with Gasteiger partial charge in [0.15, 0.2) is 0 Å². The van der Waals surface area contributed by atoms with Gasteiger partial charge < -0.3 is 21.3 Å². The van der Waals surface area contributed by atoms with Gasteiger partial charge in [-0.3, -0.25) is 9.11 Å². The van der Waals surface area contributed by atoms with Gasteiger partial charge in [-0.25, -0.2) is 0 Å². The van der Waals surface area contributed by atoms with Crippen molar-refractivity contribution in [1.29, 1.82) is 0 Å². The molecule has 0 unspecified atom stereocenters. The number of nitrogens with one attached hydrogen (secondary N) is 2. The highest BCUT2D eigenvalue weighted by atomic mass is 32.2. The number of hydrogen-bond donors (Lipinski definition) is 5. The molecule has 1 rings (SSSR count). The Hall–Kier alpha value is -1.65. The second kappa shape index (κ2) is 12.1. The van der Waals surface area contributed by atoms with Crippen LogP contribution in [0, 0.1) is 0 Å². The van der Waals surface area contributed by atoms with Crippen molar-refractivity contribution in [3.8, 4) is 0 Å². The van der Waals surface area contributed by atoms with Crippen molar-refractivity contribution in [3.63, 3.8) is 0 Å². The number of hydrogen-bond acceptors (Lipinski definition) is 11. The number of anilines is 2. The van der Waals surface area contributed by atoms with Gasteiger partial charge in [-0.05, 0) is 32.5 Å². The fourth-order valence-electron chi connectivity index (χ4n) is 2.44. The van der Waals surface area contributed by atoms with E-state index in [-0.39, 0.29) is 18.8 Å². The Balaban J connectivity index is 2.59. The first kappa shape index (κ1) is 25.4. The molecule has 29 heavy (non-hydrogen) atoms. The smallest absolute Gasteiger partial charge is 0.264 e. The average Bonchev–Trinajstić information content (AvgIpc) is 2.57. The Labute approximate surface area is 171 Å². The van der Waals surface area contributed by atoms with Crippen LogP contribution in [0.3, 0.4) is 0 Å². The zero-order chi connectivity index (χ0) is 21.9. The number of rotatable bonds is 15. The Morgan fingerprint density at radius 1 is 0.966 bits per heavy atom. The van der Waals surface area contributed by atoms with E-state index in [0.717, 1.165) is 6.54 Å². The first-order chi connectivity index (χ1) is 13.5. The highest BCUT2D eigenvalue weighted by molar-refractivity contribution is 7.86. The quantitative estimate of drug-likeness (QED) is 0.198. The molecule has 6 N–H and O–H groups in total. The van der Waals surface area contributed by atoms with E-state index in [1.807, 2.05) is 11.8 Å². The van der Waals surface area contributed by atoms with E-state index in [1.54, 1.807) is 0 Å². The van der Waals surface area contributed by atoms with Gasteiger partial charge in [-0.15, -0.1) is 0 Å². The molecule has 0 aliphatic rings. The first-order valence-electron chi connectivity index (χ1n) is 9.06. The first-order valence-corrected chi connectivity index (χ1v) is 12.3. The van der Waals surface area contributed by atoms with Gasteiger partial charge in [-0.1, -0.05) is 6.92 Å². The Morgan fingerprint density at radius 3 is 2.07 bits per heavy atom. The van der Waals surface area contributed by atoms with Crippen LogP contribution in [0.1, 0.15) is 25.6 Å². The SMILES string of the molecule is CCNCc1nc(N)nc(NCCN(CCCS(=O)(=O)O)CCCS(=O)(=O)O)n1. The maximum Gasteiger partial charge on any atom is 0.264 e. The Morgan fingerprint density at radius 2 is 1.55 bits per heavy atom. The normalized spacial score (nSPS) is 12.4. The van der Waals surface area contributed by atoms with Crippen LogP contribution in [0.2, 0.25) is 0 Å². The molecule has 0 saturated heterocycles. The summed E-state index contributed by atoms with van der Waals surface area (Å²) in [6.45, 7) is 4.57. The van der Waals surface area contributed by atoms with Crippen molar-refractivity contribution in [3.05, 3.63) is 5.82 Å². The van der Waals surface area contributed by atoms with Gasteiger partial charge >= 0.3 is 0 Å². The van der Waals surface area contributed by atoms with Crippen LogP contribution in [0.25, 0.3) is 0 Å². The summed E-state index contributed by atoms with van der Waals surface area (Å²) in [7, 11) is -8.14. The van der Waals surface area contributed by atoms with E-state index >= 15 is 0 Å². The molecule has 0 radical (unpaired) electrons. The van der Waals surface area contributed by atoms with Crippen molar-refractivity contribution in [2.24, 2.45) is 0 Å². The summed E-state index contributed by atoms with van der Waals surface area (Å²) in [5.74, 6) is 0.0647. The van der Waals surface area contributed by atoms with E-state index in [0.29, 0.717) is 44.5 Å². The van der Waals surface area contributed by atoms with Crippen LogP contribution >= 0.6 is 0 Å². The number of nitrogen functional groups attached to an aromatic ring is 1. The number of nitrogens with zero attached hydrogens (tertiary/aromatic N) is 4. The number of aromatic nitrogens is 3. The minimum absolute atomic E-state index is 0.0774. The third-order valence-corrected chi connectivity index (χ3v) is 5.31. The van der Waals surface area contributed by atoms with E-state index in [4.69, 9.17) is 14.8 Å². The van der Waals surface area contributed by atoms with Gasteiger partial charge in [0.25, 0.3) is 20.2 Å². The van der Waals surface area contributed by atoms with E-state index < -0.39 is 31.7 Å². The Kier molecular flexibility index (Phi) is 10.6. The fraction of sp³-hybridized carbons (Fsp3) is 0.786. The van der Waals surface area contributed by atoms with E-state index in [9.17, 15) is 16.8 Å². The summed E-state index contributed by atoms with van der Waals surface area (Å²) in [4.78, 5) is 14.1. The average molecular weight is 456 g/mol. The van der Waals surface area contributed by atoms with Crippen molar-refractivity contribution < 1.29 is 25.9 Å². The molecule has 1 aromatic rings. The van der Waals surface area contributed by atoms with Crippen molar-refractivity contribution >= 4 is 32.1 Å². The lowest BCUT2D eigenvalue weighted by atomic mass is 10.3. The second-order valence-corrected chi connectivity index (χ2v) is 9.41. The minimum atomic E-state index is -4.07. The third-order valence-electron chi connectivity index (χ3n) is 3.70.